The van der Waals surface area contributed by atoms with E-state index >= 15 is 0 Å². The minimum Gasteiger partial charge on any atom is -0.497 e. The van der Waals surface area contributed by atoms with Crippen LogP contribution in [0.4, 0.5) is 5.69 Å². The molecule has 1 N–H and O–H groups in total. The van der Waals surface area contributed by atoms with E-state index in [0.717, 1.165) is 18.2 Å². The van der Waals surface area contributed by atoms with Gasteiger partial charge in [0, 0.05) is 38.0 Å². The van der Waals surface area contributed by atoms with Gasteiger partial charge in [0.15, 0.2) is 0 Å². The summed E-state index contributed by atoms with van der Waals surface area (Å²) in [5, 5.41) is 3.77. The number of rotatable bonds is 15. The largest absolute Gasteiger partial charge is 0.497 e. The first-order valence-corrected chi connectivity index (χ1v) is 16.7. The summed E-state index contributed by atoms with van der Waals surface area (Å²) in [7, 11) is -2.14. The van der Waals surface area contributed by atoms with Gasteiger partial charge in [0.2, 0.25) is 21.8 Å². The SMILES string of the molecule is CC[C@H](C)NC(=O)[C@H](Cc1ccccc1)N(Cc1ccc(Cl)c(Cl)c1)C(=O)CCCN(c1cccc(OC)c1)S(C)(=O)=O. The fraction of sp³-hybridized carbons (Fsp3) is 0.375. The minimum atomic E-state index is -3.64. The van der Waals surface area contributed by atoms with Crippen molar-refractivity contribution in [2.75, 3.05) is 24.2 Å². The number of sulfonamides is 1. The summed E-state index contributed by atoms with van der Waals surface area (Å²) in [4.78, 5) is 29.2. The van der Waals surface area contributed by atoms with Gasteiger partial charge in [-0.3, -0.25) is 13.9 Å². The van der Waals surface area contributed by atoms with Gasteiger partial charge in [-0.05, 0) is 55.2 Å². The number of hydrogen-bond donors (Lipinski definition) is 1. The lowest BCUT2D eigenvalue weighted by Crippen LogP contribution is -2.52. The molecule has 0 aliphatic rings. The van der Waals surface area contributed by atoms with Gasteiger partial charge < -0.3 is 15.0 Å². The molecule has 43 heavy (non-hydrogen) atoms. The average molecular weight is 649 g/mol. The van der Waals surface area contributed by atoms with Gasteiger partial charge in [-0.1, -0.05) is 72.6 Å². The number of carbonyl (C=O) groups is 2. The van der Waals surface area contributed by atoms with Crippen molar-refractivity contribution >= 4 is 50.7 Å². The monoisotopic (exact) mass is 647 g/mol. The molecule has 2 atom stereocenters. The second-order valence-corrected chi connectivity index (χ2v) is 13.2. The average Bonchev–Trinajstić information content (AvgIpc) is 2.98. The Balaban J connectivity index is 1.91. The van der Waals surface area contributed by atoms with Crippen molar-refractivity contribution in [1.29, 1.82) is 0 Å². The van der Waals surface area contributed by atoms with E-state index in [-0.39, 0.29) is 43.8 Å². The van der Waals surface area contributed by atoms with Crippen LogP contribution in [0.25, 0.3) is 0 Å². The fourth-order valence-corrected chi connectivity index (χ4v) is 5.88. The first-order chi connectivity index (χ1) is 20.4. The number of carbonyl (C=O) groups excluding carboxylic acids is 2. The quantitative estimate of drug-likeness (QED) is 0.215. The summed E-state index contributed by atoms with van der Waals surface area (Å²) >= 11 is 12.4. The van der Waals surface area contributed by atoms with Gasteiger partial charge in [-0.15, -0.1) is 0 Å². The molecule has 0 saturated heterocycles. The highest BCUT2D eigenvalue weighted by Crippen LogP contribution is 2.26. The van der Waals surface area contributed by atoms with Crippen LogP contribution in [0.1, 0.15) is 44.2 Å². The van der Waals surface area contributed by atoms with E-state index in [1.807, 2.05) is 44.2 Å². The number of nitrogens with one attached hydrogen (secondary N) is 1. The number of anilines is 1. The van der Waals surface area contributed by atoms with Crippen molar-refractivity contribution in [3.8, 4) is 5.75 Å². The Bertz CT molecular complexity index is 1490. The maximum absolute atomic E-state index is 14.0. The molecule has 0 fully saturated rings. The van der Waals surface area contributed by atoms with Crippen LogP contribution >= 0.6 is 23.2 Å². The summed E-state index contributed by atoms with van der Waals surface area (Å²) in [6.45, 7) is 4.08. The molecule has 0 saturated carbocycles. The van der Waals surface area contributed by atoms with Crippen molar-refractivity contribution < 1.29 is 22.7 Å². The van der Waals surface area contributed by atoms with E-state index < -0.39 is 16.1 Å². The Labute approximate surface area is 265 Å². The van der Waals surface area contributed by atoms with Gasteiger partial charge in [0.05, 0.1) is 29.1 Å². The van der Waals surface area contributed by atoms with Gasteiger partial charge in [0.1, 0.15) is 11.8 Å². The van der Waals surface area contributed by atoms with Crippen LogP contribution in [0.2, 0.25) is 10.0 Å². The van der Waals surface area contributed by atoms with E-state index in [9.17, 15) is 18.0 Å². The molecule has 3 aromatic rings. The van der Waals surface area contributed by atoms with Crippen molar-refractivity contribution in [2.45, 2.75) is 58.2 Å². The second kappa shape index (κ2) is 16.0. The highest BCUT2D eigenvalue weighted by Gasteiger charge is 2.31. The number of halogens is 2. The zero-order chi connectivity index (χ0) is 31.6. The Kier molecular flexibility index (Phi) is 12.7. The van der Waals surface area contributed by atoms with Gasteiger partial charge in [-0.2, -0.15) is 0 Å². The Hall–Kier alpha value is -3.27. The number of nitrogens with zero attached hydrogens (tertiary/aromatic N) is 2. The van der Waals surface area contributed by atoms with E-state index in [4.69, 9.17) is 27.9 Å². The molecule has 11 heteroatoms. The second-order valence-electron chi connectivity index (χ2n) is 10.4. The molecular weight excluding hydrogens is 609 g/mol. The Morgan fingerprint density at radius 1 is 0.953 bits per heavy atom. The van der Waals surface area contributed by atoms with Crippen molar-refractivity contribution in [3.05, 3.63) is 94.0 Å². The topological polar surface area (TPSA) is 96.0 Å². The first-order valence-electron chi connectivity index (χ1n) is 14.1. The zero-order valence-corrected chi connectivity index (χ0v) is 27.3. The van der Waals surface area contributed by atoms with Crippen LogP contribution in [0, 0.1) is 0 Å². The molecule has 0 aliphatic heterocycles. The summed E-state index contributed by atoms with van der Waals surface area (Å²) in [5.74, 6) is -0.0303. The number of methoxy groups -OCH3 is 1. The van der Waals surface area contributed by atoms with Gasteiger partial charge in [-0.25, -0.2) is 8.42 Å². The van der Waals surface area contributed by atoms with Gasteiger partial charge >= 0.3 is 0 Å². The highest BCUT2D eigenvalue weighted by atomic mass is 35.5. The molecule has 0 heterocycles. The van der Waals surface area contributed by atoms with Crippen LogP contribution in [-0.4, -0.2) is 57.1 Å². The van der Waals surface area contributed by atoms with E-state index in [1.165, 1.54) is 11.4 Å². The molecule has 2 amide bonds. The third-order valence-electron chi connectivity index (χ3n) is 7.10. The lowest BCUT2D eigenvalue weighted by atomic mass is 10.0. The van der Waals surface area contributed by atoms with E-state index in [0.29, 0.717) is 33.5 Å². The lowest BCUT2D eigenvalue weighted by Gasteiger charge is -2.33. The molecule has 232 valence electrons. The molecule has 0 aromatic heterocycles. The molecule has 0 radical (unpaired) electrons. The number of benzene rings is 3. The fourth-order valence-electron chi connectivity index (χ4n) is 4.60. The molecule has 3 rings (SSSR count). The van der Waals surface area contributed by atoms with Crippen LogP contribution in [0.15, 0.2) is 72.8 Å². The van der Waals surface area contributed by atoms with Crippen LogP contribution < -0.4 is 14.4 Å². The van der Waals surface area contributed by atoms with Gasteiger partial charge in [0.25, 0.3) is 0 Å². The predicted molar refractivity (Wildman–Crippen MR) is 173 cm³/mol. The Morgan fingerprint density at radius 3 is 2.30 bits per heavy atom. The van der Waals surface area contributed by atoms with Crippen LogP contribution in [0.3, 0.4) is 0 Å². The molecule has 0 bridgehead atoms. The summed E-state index contributed by atoms with van der Waals surface area (Å²) in [6.07, 6.45) is 2.40. The Morgan fingerprint density at radius 2 is 1.67 bits per heavy atom. The molecule has 8 nitrogen and oxygen atoms in total. The van der Waals surface area contributed by atoms with Crippen molar-refractivity contribution in [3.63, 3.8) is 0 Å². The number of amides is 2. The van der Waals surface area contributed by atoms with E-state index in [2.05, 4.69) is 5.32 Å². The summed E-state index contributed by atoms with van der Waals surface area (Å²) < 4.78 is 31.9. The molecular formula is C32H39Cl2N3O5S. The molecule has 0 spiro atoms. The zero-order valence-electron chi connectivity index (χ0n) is 24.9. The van der Waals surface area contributed by atoms with Crippen LogP contribution in [0.5, 0.6) is 5.75 Å². The molecule has 0 unspecified atom stereocenters. The van der Waals surface area contributed by atoms with E-state index in [1.54, 1.807) is 47.4 Å². The minimum absolute atomic E-state index is 0.0131. The lowest BCUT2D eigenvalue weighted by molar-refractivity contribution is -0.141. The maximum Gasteiger partial charge on any atom is 0.243 e. The van der Waals surface area contributed by atoms with Crippen LogP contribution in [-0.2, 0) is 32.6 Å². The number of ether oxygens (including phenoxy) is 1. The smallest absolute Gasteiger partial charge is 0.243 e. The molecule has 3 aromatic carbocycles. The standard InChI is InChI=1S/C32H39Cl2N3O5S/c1-5-23(2)35-32(39)30(20-24-11-7-6-8-12-24)36(22-25-16-17-28(33)29(34)19-25)31(38)15-10-18-37(43(4,40)41)26-13-9-14-27(21-26)42-3/h6-9,11-14,16-17,19,21,23,30H,5,10,15,18,20,22H2,1-4H3,(H,35,39)/t23-,30-/m0/s1. The summed E-state index contributed by atoms with van der Waals surface area (Å²) in [5.41, 5.74) is 2.06. The van der Waals surface area contributed by atoms with Crippen molar-refractivity contribution in [1.82, 2.24) is 10.2 Å². The molecule has 0 aliphatic carbocycles. The third-order valence-corrected chi connectivity index (χ3v) is 9.04. The summed E-state index contributed by atoms with van der Waals surface area (Å²) in [6, 6.07) is 20.5. The highest BCUT2D eigenvalue weighted by molar-refractivity contribution is 7.92. The third kappa shape index (κ3) is 10.2. The maximum atomic E-state index is 14.0. The normalized spacial score (nSPS) is 12.7. The number of hydrogen-bond acceptors (Lipinski definition) is 5. The first kappa shape index (κ1) is 34.2. The predicted octanol–water partition coefficient (Wildman–Crippen LogP) is 6.10. The van der Waals surface area contributed by atoms with Crippen molar-refractivity contribution in [2.24, 2.45) is 0 Å².